The van der Waals surface area contributed by atoms with Crippen molar-refractivity contribution in [3.63, 3.8) is 0 Å². The third kappa shape index (κ3) is 3.76. The Bertz CT molecular complexity index is 661. The molecule has 0 saturated heterocycles. The third-order valence-electron chi connectivity index (χ3n) is 2.84. The van der Waals surface area contributed by atoms with E-state index in [1.165, 1.54) is 0 Å². The van der Waals surface area contributed by atoms with Gasteiger partial charge in [0.25, 0.3) is 0 Å². The average Bonchev–Trinajstić information content (AvgIpc) is 2.52. The Kier molecular flexibility index (Phi) is 4.84. The number of methoxy groups -OCH3 is 1. The van der Waals surface area contributed by atoms with Crippen LogP contribution in [-0.4, -0.2) is 23.1 Å². The molecule has 0 atom stereocenters. The first kappa shape index (κ1) is 14.9. The molecular weight excluding hydrogens is 292 g/mol. The van der Waals surface area contributed by atoms with Crippen LogP contribution in [0.1, 0.15) is 11.3 Å². The Labute approximate surface area is 127 Å². The number of nitrogens with zero attached hydrogens (tertiary/aromatic N) is 2. The summed E-state index contributed by atoms with van der Waals surface area (Å²) in [6.07, 6.45) is 1.60. The van der Waals surface area contributed by atoms with Crippen molar-refractivity contribution in [2.75, 3.05) is 12.4 Å². The standard InChI is InChI=1S/C14H15ClN4O2/c1-21-13-3-2-10(7-11(13)15)18-8-9-4-5-17-12(6-9)14(16)19-20/h2-7,18,20H,8H2,1H3,(H2,16,19). The van der Waals surface area contributed by atoms with Gasteiger partial charge in [0.2, 0.25) is 0 Å². The number of oxime groups is 1. The van der Waals surface area contributed by atoms with E-state index in [9.17, 15) is 0 Å². The molecule has 2 aromatic rings. The van der Waals surface area contributed by atoms with Gasteiger partial charge in [0.1, 0.15) is 11.4 Å². The van der Waals surface area contributed by atoms with Gasteiger partial charge in [0.05, 0.1) is 12.1 Å². The molecule has 0 radical (unpaired) electrons. The number of anilines is 1. The van der Waals surface area contributed by atoms with E-state index in [4.69, 9.17) is 27.3 Å². The summed E-state index contributed by atoms with van der Waals surface area (Å²) >= 11 is 6.06. The largest absolute Gasteiger partial charge is 0.495 e. The maximum atomic E-state index is 8.65. The number of aromatic nitrogens is 1. The molecule has 0 bridgehead atoms. The van der Waals surface area contributed by atoms with Gasteiger partial charge in [0, 0.05) is 18.4 Å². The van der Waals surface area contributed by atoms with Gasteiger partial charge in [0.15, 0.2) is 5.84 Å². The van der Waals surface area contributed by atoms with Crippen LogP contribution in [0.3, 0.4) is 0 Å². The van der Waals surface area contributed by atoms with Crippen LogP contribution in [0.15, 0.2) is 41.7 Å². The number of rotatable bonds is 5. The summed E-state index contributed by atoms with van der Waals surface area (Å²) in [5, 5.41) is 15.3. The van der Waals surface area contributed by atoms with E-state index < -0.39 is 0 Å². The van der Waals surface area contributed by atoms with Crippen molar-refractivity contribution in [3.05, 3.63) is 52.8 Å². The van der Waals surface area contributed by atoms with Crippen LogP contribution in [0.4, 0.5) is 5.69 Å². The van der Waals surface area contributed by atoms with Crippen LogP contribution in [0.25, 0.3) is 0 Å². The first-order valence-corrected chi connectivity index (χ1v) is 6.52. The molecule has 0 aliphatic heterocycles. The number of amidine groups is 1. The van der Waals surface area contributed by atoms with Gasteiger partial charge in [-0.25, -0.2) is 0 Å². The van der Waals surface area contributed by atoms with Crippen LogP contribution in [0.5, 0.6) is 5.75 Å². The molecule has 21 heavy (non-hydrogen) atoms. The fraction of sp³-hybridized carbons (Fsp3) is 0.143. The molecule has 0 saturated carbocycles. The second kappa shape index (κ2) is 6.81. The number of hydrogen-bond donors (Lipinski definition) is 3. The Morgan fingerprint density at radius 3 is 2.90 bits per heavy atom. The number of nitrogens with two attached hydrogens (primary N) is 1. The molecule has 1 aromatic heterocycles. The number of halogens is 1. The van der Waals surface area contributed by atoms with E-state index in [2.05, 4.69) is 15.5 Å². The molecule has 1 aromatic carbocycles. The third-order valence-corrected chi connectivity index (χ3v) is 3.14. The van der Waals surface area contributed by atoms with E-state index in [1.807, 2.05) is 12.1 Å². The van der Waals surface area contributed by atoms with Gasteiger partial charge in [-0.3, -0.25) is 4.98 Å². The van der Waals surface area contributed by atoms with E-state index in [0.717, 1.165) is 11.3 Å². The summed E-state index contributed by atoms with van der Waals surface area (Å²) in [7, 11) is 1.57. The van der Waals surface area contributed by atoms with Gasteiger partial charge in [-0.2, -0.15) is 0 Å². The Morgan fingerprint density at radius 1 is 1.43 bits per heavy atom. The highest BCUT2D eigenvalue weighted by Crippen LogP contribution is 2.27. The molecule has 110 valence electrons. The molecule has 1 heterocycles. The summed E-state index contributed by atoms with van der Waals surface area (Å²) in [6, 6.07) is 9.03. The smallest absolute Gasteiger partial charge is 0.188 e. The SMILES string of the molecule is COc1ccc(NCc2ccnc(C(N)=NO)c2)cc1Cl. The molecule has 4 N–H and O–H groups in total. The predicted octanol–water partition coefficient (Wildman–Crippen LogP) is 2.45. The molecule has 6 nitrogen and oxygen atoms in total. The van der Waals surface area contributed by atoms with Gasteiger partial charge in [-0.1, -0.05) is 16.8 Å². The maximum absolute atomic E-state index is 8.65. The molecule has 0 unspecified atom stereocenters. The van der Waals surface area contributed by atoms with Crippen LogP contribution < -0.4 is 15.8 Å². The van der Waals surface area contributed by atoms with Gasteiger partial charge in [-0.05, 0) is 35.9 Å². The molecule has 2 rings (SSSR count). The zero-order valence-electron chi connectivity index (χ0n) is 11.4. The molecule has 0 spiro atoms. The van der Waals surface area contributed by atoms with E-state index in [0.29, 0.717) is 23.0 Å². The highest BCUT2D eigenvalue weighted by atomic mass is 35.5. The number of hydrogen-bond acceptors (Lipinski definition) is 5. The zero-order valence-corrected chi connectivity index (χ0v) is 12.1. The Balaban J connectivity index is 2.08. The summed E-state index contributed by atoms with van der Waals surface area (Å²) in [6.45, 7) is 0.552. The molecular formula is C14H15ClN4O2. The van der Waals surface area contributed by atoms with Gasteiger partial charge in [-0.15, -0.1) is 0 Å². The molecule has 0 amide bonds. The van der Waals surface area contributed by atoms with Crippen molar-refractivity contribution in [1.82, 2.24) is 4.98 Å². The van der Waals surface area contributed by atoms with Crippen molar-refractivity contribution in [2.45, 2.75) is 6.54 Å². The minimum absolute atomic E-state index is 0.0238. The lowest BCUT2D eigenvalue weighted by Gasteiger charge is -2.09. The molecule has 0 aliphatic rings. The van der Waals surface area contributed by atoms with E-state index in [-0.39, 0.29) is 5.84 Å². The topological polar surface area (TPSA) is 92.8 Å². The Hall–Kier alpha value is -2.47. The van der Waals surface area contributed by atoms with E-state index in [1.54, 1.807) is 31.5 Å². The monoisotopic (exact) mass is 306 g/mol. The first-order valence-electron chi connectivity index (χ1n) is 6.14. The fourth-order valence-electron chi connectivity index (χ4n) is 1.76. The second-order valence-electron chi connectivity index (χ2n) is 4.24. The minimum Gasteiger partial charge on any atom is -0.495 e. The van der Waals surface area contributed by atoms with Gasteiger partial charge < -0.3 is 21.0 Å². The van der Waals surface area contributed by atoms with Crippen molar-refractivity contribution in [1.29, 1.82) is 0 Å². The summed E-state index contributed by atoms with van der Waals surface area (Å²) in [4.78, 5) is 4.02. The number of ether oxygens (including phenoxy) is 1. The quantitative estimate of drug-likeness (QED) is 0.341. The van der Waals surface area contributed by atoms with E-state index >= 15 is 0 Å². The lowest BCUT2D eigenvalue weighted by atomic mass is 10.2. The highest BCUT2D eigenvalue weighted by molar-refractivity contribution is 6.32. The normalized spacial score (nSPS) is 11.2. The first-order chi connectivity index (χ1) is 10.1. The lowest BCUT2D eigenvalue weighted by Crippen LogP contribution is -2.15. The molecule has 0 fully saturated rings. The lowest BCUT2D eigenvalue weighted by molar-refractivity contribution is 0.318. The van der Waals surface area contributed by atoms with Crippen molar-refractivity contribution >= 4 is 23.1 Å². The minimum atomic E-state index is -0.0238. The summed E-state index contributed by atoms with van der Waals surface area (Å²) in [5.74, 6) is 0.602. The van der Waals surface area contributed by atoms with Crippen molar-refractivity contribution in [2.24, 2.45) is 10.9 Å². The average molecular weight is 307 g/mol. The number of benzene rings is 1. The summed E-state index contributed by atoms with van der Waals surface area (Å²) < 4.78 is 5.10. The van der Waals surface area contributed by atoms with Crippen molar-refractivity contribution < 1.29 is 9.94 Å². The van der Waals surface area contributed by atoms with Crippen LogP contribution in [-0.2, 0) is 6.54 Å². The Morgan fingerprint density at radius 2 is 2.24 bits per heavy atom. The summed E-state index contributed by atoms with van der Waals surface area (Å²) in [5.41, 5.74) is 7.74. The zero-order chi connectivity index (χ0) is 15.2. The van der Waals surface area contributed by atoms with Crippen LogP contribution in [0, 0.1) is 0 Å². The number of pyridine rings is 1. The highest BCUT2D eigenvalue weighted by Gasteiger charge is 2.04. The molecule has 7 heteroatoms. The van der Waals surface area contributed by atoms with Crippen LogP contribution in [0.2, 0.25) is 5.02 Å². The maximum Gasteiger partial charge on any atom is 0.188 e. The number of nitrogens with one attached hydrogen (secondary N) is 1. The van der Waals surface area contributed by atoms with Gasteiger partial charge >= 0.3 is 0 Å². The van der Waals surface area contributed by atoms with Crippen molar-refractivity contribution in [3.8, 4) is 5.75 Å². The fourth-order valence-corrected chi connectivity index (χ4v) is 2.01. The molecule has 0 aliphatic carbocycles. The predicted molar refractivity (Wildman–Crippen MR) is 82.1 cm³/mol. The second-order valence-corrected chi connectivity index (χ2v) is 4.64. The van der Waals surface area contributed by atoms with Crippen LogP contribution >= 0.6 is 11.6 Å².